The van der Waals surface area contributed by atoms with Crippen molar-refractivity contribution in [3.63, 3.8) is 0 Å². The lowest BCUT2D eigenvalue weighted by Gasteiger charge is -2.58. The smallest absolute Gasteiger partial charge is 0.155 e. The highest BCUT2D eigenvalue weighted by molar-refractivity contribution is 5.91. The molecule has 0 saturated heterocycles. The van der Waals surface area contributed by atoms with Crippen molar-refractivity contribution >= 4 is 5.78 Å². The van der Waals surface area contributed by atoms with Gasteiger partial charge in [0.15, 0.2) is 5.78 Å². The van der Waals surface area contributed by atoms with E-state index in [0.717, 1.165) is 25.7 Å². The fourth-order valence-corrected chi connectivity index (χ4v) is 7.14. The quantitative estimate of drug-likeness (QED) is 0.743. The van der Waals surface area contributed by atoms with Gasteiger partial charge in [-0.1, -0.05) is 19.8 Å². The molecule has 4 aliphatic rings. The summed E-state index contributed by atoms with van der Waals surface area (Å²) in [5.41, 5.74) is 0.0754. The molecular weight excluding hydrogens is 312 g/mol. The van der Waals surface area contributed by atoms with E-state index in [-0.39, 0.29) is 17.3 Å². The maximum Gasteiger partial charge on any atom is 0.155 e. The van der Waals surface area contributed by atoms with Crippen molar-refractivity contribution in [1.29, 1.82) is 0 Å². The second kappa shape index (κ2) is 5.69. The Kier molecular flexibility index (Phi) is 3.94. The maximum atomic E-state index is 12.0. The summed E-state index contributed by atoms with van der Waals surface area (Å²) in [4.78, 5) is 12.0. The van der Waals surface area contributed by atoms with Crippen LogP contribution in [0.25, 0.3) is 0 Å². The summed E-state index contributed by atoms with van der Waals surface area (Å²) in [6, 6.07) is 0. The first-order chi connectivity index (χ1) is 11.9. The predicted octanol–water partition coefficient (Wildman–Crippen LogP) is 3.36. The number of ether oxygens (including phenoxy) is 1. The second-order valence-electron chi connectivity index (χ2n) is 9.12. The molecule has 3 nitrogen and oxygen atoms in total. The lowest BCUT2D eigenvalue weighted by atomic mass is 9.48. The number of ketones is 1. The monoisotopic (exact) mass is 342 g/mol. The van der Waals surface area contributed by atoms with Gasteiger partial charge in [-0.25, -0.2) is 0 Å². The van der Waals surface area contributed by atoms with Gasteiger partial charge in [0.1, 0.15) is 5.60 Å². The van der Waals surface area contributed by atoms with Gasteiger partial charge in [0, 0.05) is 18.9 Å². The molecule has 0 aromatic carbocycles. The minimum Gasteiger partial charge on any atom is -0.377 e. The molecule has 0 spiro atoms. The van der Waals surface area contributed by atoms with E-state index in [4.69, 9.17) is 11.2 Å². The Morgan fingerprint density at radius 1 is 1.32 bits per heavy atom. The van der Waals surface area contributed by atoms with Crippen LogP contribution in [0.4, 0.5) is 0 Å². The molecule has 0 heterocycles. The number of aliphatic hydroxyl groups is 1. The molecule has 136 valence electrons. The Hall–Kier alpha value is -1.11. The first-order valence-electron chi connectivity index (χ1n) is 9.83. The number of fused-ring (bicyclic) bond motifs is 5. The van der Waals surface area contributed by atoms with Crippen LogP contribution in [0.1, 0.15) is 52.4 Å². The topological polar surface area (TPSA) is 46.5 Å². The minimum atomic E-state index is -0.969. The average molecular weight is 342 g/mol. The summed E-state index contributed by atoms with van der Waals surface area (Å²) in [7, 11) is 1.77. The van der Waals surface area contributed by atoms with Crippen LogP contribution in [-0.2, 0) is 9.53 Å². The van der Waals surface area contributed by atoms with Crippen LogP contribution in [0.15, 0.2) is 11.6 Å². The summed E-state index contributed by atoms with van der Waals surface area (Å²) >= 11 is 0. The predicted molar refractivity (Wildman–Crippen MR) is 96.6 cm³/mol. The normalized spacial score (nSPS) is 51.8. The Morgan fingerprint density at radius 2 is 2.08 bits per heavy atom. The van der Waals surface area contributed by atoms with Gasteiger partial charge < -0.3 is 9.84 Å². The molecule has 3 fully saturated rings. The van der Waals surface area contributed by atoms with Gasteiger partial charge in [-0.05, 0) is 73.3 Å². The van der Waals surface area contributed by atoms with E-state index in [0.29, 0.717) is 42.4 Å². The summed E-state index contributed by atoms with van der Waals surface area (Å²) in [5.74, 6) is 5.37. The fourth-order valence-electron chi connectivity index (χ4n) is 7.14. The van der Waals surface area contributed by atoms with Crippen LogP contribution in [0, 0.1) is 47.3 Å². The van der Waals surface area contributed by atoms with Gasteiger partial charge in [0.05, 0.1) is 6.10 Å². The van der Waals surface area contributed by atoms with Crippen molar-refractivity contribution in [3.8, 4) is 12.3 Å². The van der Waals surface area contributed by atoms with E-state index in [9.17, 15) is 9.90 Å². The van der Waals surface area contributed by atoms with Crippen molar-refractivity contribution < 1.29 is 14.6 Å². The molecule has 0 unspecified atom stereocenters. The zero-order valence-corrected chi connectivity index (χ0v) is 15.6. The van der Waals surface area contributed by atoms with Crippen LogP contribution in [0.2, 0.25) is 0 Å². The number of methoxy groups -OCH3 is 1. The van der Waals surface area contributed by atoms with Crippen molar-refractivity contribution in [2.75, 3.05) is 7.11 Å². The lowest BCUT2D eigenvalue weighted by molar-refractivity contribution is -0.126. The first-order valence-corrected chi connectivity index (χ1v) is 9.83. The van der Waals surface area contributed by atoms with E-state index in [1.165, 1.54) is 5.57 Å². The first kappa shape index (κ1) is 17.3. The Balaban J connectivity index is 1.75. The van der Waals surface area contributed by atoms with Crippen molar-refractivity contribution in [1.82, 2.24) is 0 Å². The SMILES string of the molecule is C#C[C@]1(O)CC[C@H]2[C@@H]3[C@H](C)[C@@H](OC)C4=CC(=O)CC[C@@H]4[C@H]3CC[C@@]21C. The molecular formula is C22H30O3. The number of hydrogen-bond acceptors (Lipinski definition) is 3. The van der Waals surface area contributed by atoms with Gasteiger partial charge >= 0.3 is 0 Å². The number of terminal acetylenes is 1. The van der Waals surface area contributed by atoms with E-state index in [2.05, 4.69) is 19.8 Å². The molecule has 0 aliphatic heterocycles. The molecule has 4 rings (SSSR count). The van der Waals surface area contributed by atoms with Gasteiger partial charge in [0.2, 0.25) is 0 Å². The summed E-state index contributed by atoms with van der Waals surface area (Å²) in [6.07, 6.45) is 13.1. The molecule has 0 bridgehead atoms. The highest BCUT2D eigenvalue weighted by atomic mass is 16.5. The number of carbonyl (C=O) groups excluding carboxylic acids is 1. The Labute approximate surface area is 151 Å². The minimum absolute atomic E-state index is 0.0254. The van der Waals surface area contributed by atoms with Crippen LogP contribution in [-0.4, -0.2) is 29.7 Å². The van der Waals surface area contributed by atoms with E-state index in [1.807, 2.05) is 6.08 Å². The summed E-state index contributed by atoms with van der Waals surface area (Å²) in [6.45, 7) is 4.49. The third-order valence-electron chi connectivity index (χ3n) is 8.42. The standard InChI is InChI=1S/C22H30O3/c1-5-22(24)11-9-18-19-13(2)20(25-4)17-12-14(23)6-7-15(17)16(19)8-10-21(18,22)3/h1,12-13,15-16,18-20,24H,6-11H2,2-4H3/t13-,15+,16+,18-,19+,20+,21-,22-/m0/s1. The summed E-state index contributed by atoms with van der Waals surface area (Å²) in [5, 5.41) is 11.1. The Bertz CT molecular complexity index is 659. The van der Waals surface area contributed by atoms with Gasteiger partial charge in [0.25, 0.3) is 0 Å². The zero-order valence-electron chi connectivity index (χ0n) is 15.6. The molecule has 25 heavy (non-hydrogen) atoms. The molecule has 0 radical (unpaired) electrons. The van der Waals surface area contributed by atoms with Crippen LogP contribution in [0.3, 0.4) is 0 Å². The number of rotatable bonds is 1. The second-order valence-corrected chi connectivity index (χ2v) is 9.12. The Morgan fingerprint density at radius 3 is 2.76 bits per heavy atom. The van der Waals surface area contributed by atoms with Crippen LogP contribution in [0.5, 0.6) is 0 Å². The molecule has 0 amide bonds. The third kappa shape index (κ3) is 2.17. The highest BCUT2D eigenvalue weighted by Gasteiger charge is 2.64. The lowest BCUT2D eigenvalue weighted by Crippen LogP contribution is -2.56. The molecule has 3 heteroatoms. The fraction of sp³-hybridized carbons (Fsp3) is 0.773. The number of hydrogen-bond donors (Lipinski definition) is 1. The summed E-state index contributed by atoms with van der Waals surface area (Å²) < 4.78 is 5.91. The maximum absolute atomic E-state index is 12.0. The molecule has 0 aromatic rings. The average Bonchev–Trinajstić information content (AvgIpc) is 2.87. The molecule has 8 atom stereocenters. The third-order valence-corrected chi connectivity index (χ3v) is 8.42. The van der Waals surface area contributed by atoms with E-state index < -0.39 is 5.60 Å². The van der Waals surface area contributed by atoms with Crippen molar-refractivity contribution in [2.45, 2.75) is 64.1 Å². The van der Waals surface area contributed by atoms with Crippen molar-refractivity contribution in [3.05, 3.63) is 11.6 Å². The zero-order chi connectivity index (χ0) is 18.0. The highest BCUT2D eigenvalue weighted by Crippen LogP contribution is 2.65. The number of carbonyl (C=O) groups is 1. The van der Waals surface area contributed by atoms with E-state index >= 15 is 0 Å². The van der Waals surface area contributed by atoms with Crippen LogP contribution >= 0.6 is 0 Å². The molecule has 4 aliphatic carbocycles. The van der Waals surface area contributed by atoms with Gasteiger partial charge in [-0.15, -0.1) is 6.42 Å². The van der Waals surface area contributed by atoms with Crippen molar-refractivity contribution in [2.24, 2.45) is 35.0 Å². The van der Waals surface area contributed by atoms with Gasteiger partial charge in [-0.3, -0.25) is 4.79 Å². The molecule has 1 N–H and O–H groups in total. The van der Waals surface area contributed by atoms with E-state index in [1.54, 1.807) is 7.11 Å². The van der Waals surface area contributed by atoms with Crippen LogP contribution < -0.4 is 0 Å². The molecule has 0 aromatic heterocycles. The largest absolute Gasteiger partial charge is 0.377 e. The molecule has 3 saturated carbocycles. The van der Waals surface area contributed by atoms with Gasteiger partial charge in [-0.2, -0.15) is 0 Å².